The lowest BCUT2D eigenvalue weighted by Gasteiger charge is -2.14. The third-order valence-corrected chi connectivity index (χ3v) is 2.60. The third kappa shape index (κ3) is 3.17. The van der Waals surface area contributed by atoms with Gasteiger partial charge in [0.1, 0.15) is 5.82 Å². The Morgan fingerprint density at radius 1 is 1.29 bits per heavy atom. The van der Waals surface area contributed by atoms with E-state index in [-0.39, 0.29) is 11.9 Å². The summed E-state index contributed by atoms with van der Waals surface area (Å²) in [5.41, 5.74) is 1.54. The highest BCUT2D eigenvalue weighted by Gasteiger charge is 2.07. The monoisotopic (exact) mass is 250 g/mol. The van der Waals surface area contributed by atoms with Gasteiger partial charge in [0.2, 0.25) is 0 Å². The summed E-state index contributed by atoms with van der Waals surface area (Å²) in [7, 11) is 0. The first-order valence-corrected chi connectivity index (χ1v) is 5.66. The Morgan fingerprint density at radius 2 is 2.12 bits per heavy atom. The molecule has 0 radical (unpaired) electrons. The Bertz CT molecular complexity index is 482. The van der Waals surface area contributed by atoms with Crippen molar-refractivity contribution in [2.24, 2.45) is 0 Å². The minimum Gasteiger partial charge on any atom is -0.377 e. The Morgan fingerprint density at radius 3 is 2.76 bits per heavy atom. The zero-order chi connectivity index (χ0) is 12.3. The molecule has 2 nitrogen and oxygen atoms in total. The molecule has 0 amide bonds. The highest BCUT2D eigenvalue weighted by atomic mass is 35.5. The molecule has 0 bridgehead atoms. The van der Waals surface area contributed by atoms with E-state index in [4.69, 9.17) is 11.6 Å². The minimum absolute atomic E-state index is 0.00549. The van der Waals surface area contributed by atoms with Gasteiger partial charge in [-0.2, -0.15) is 0 Å². The van der Waals surface area contributed by atoms with E-state index in [9.17, 15) is 4.39 Å². The number of nitrogens with zero attached hydrogens (tertiary/aromatic N) is 1. The van der Waals surface area contributed by atoms with E-state index in [1.807, 2.05) is 25.1 Å². The van der Waals surface area contributed by atoms with Crippen LogP contribution < -0.4 is 5.32 Å². The van der Waals surface area contributed by atoms with Gasteiger partial charge < -0.3 is 5.32 Å². The Kier molecular flexibility index (Phi) is 3.59. The van der Waals surface area contributed by atoms with Crippen LogP contribution in [0.25, 0.3) is 0 Å². The maximum Gasteiger partial charge on any atom is 0.126 e. The van der Waals surface area contributed by atoms with Gasteiger partial charge in [0.25, 0.3) is 0 Å². The third-order valence-electron chi connectivity index (χ3n) is 2.38. The van der Waals surface area contributed by atoms with Gasteiger partial charge in [-0.1, -0.05) is 17.7 Å². The molecule has 0 fully saturated rings. The van der Waals surface area contributed by atoms with Crippen LogP contribution in [0.1, 0.15) is 18.7 Å². The van der Waals surface area contributed by atoms with Gasteiger partial charge >= 0.3 is 0 Å². The molecule has 4 heteroatoms. The van der Waals surface area contributed by atoms with Gasteiger partial charge in [-0.3, -0.25) is 4.98 Å². The van der Waals surface area contributed by atoms with Gasteiger partial charge in [0.15, 0.2) is 0 Å². The highest BCUT2D eigenvalue weighted by Crippen LogP contribution is 2.22. The lowest BCUT2D eigenvalue weighted by atomic mass is 10.2. The molecule has 1 heterocycles. The molecule has 0 saturated heterocycles. The fraction of sp³-hybridized carbons (Fsp3) is 0.154. The molecule has 0 spiro atoms. The van der Waals surface area contributed by atoms with Crippen molar-refractivity contribution in [2.45, 2.75) is 13.0 Å². The van der Waals surface area contributed by atoms with Crippen LogP contribution in [-0.2, 0) is 0 Å². The number of anilines is 1. The zero-order valence-corrected chi connectivity index (χ0v) is 10.1. The van der Waals surface area contributed by atoms with Crippen molar-refractivity contribution in [1.29, 1.82) is 0 Å². The average Bonchev–Trinajstić information content (AvgIpc) is 2.28. The molecule has 1 aromatic heterocycles. The summed E-state index contributed by atoms with van der Waals surface area (Å²) in [6.45, 7) is 1.96. The summed E-state index contributed by atoms with van der Waals surface area (Å²) in [5.74, 6) is -0.353. The Balaban J connectivity index is 2.16. The topological polar surface area (TPSA) is 24.9 Å². The van der Waals surface area contributed by atoms with E-state index in [1.165, 1.54) is 12.1 Å². The second kappa shape index (κ2) is 5.15. The lowest BCUT2D eigenvalue weighted by molar-refractivity contribution is 0.628. The number of nitrogens with one attached hydrogen (secondary N) is 1. The van der Waals surface area contributed by atoms with Gasteiger partial charge in [0.05, 0.1) is 11.7 Å². The van der Waals surface area contributed by atoms with Crippen LogP contribution in [0.2, 0.25) is 5.02 Å². The van der Waals surface area contributed by atoms with Crippen molar-refractivity contribution >= 4 is 17.3 Å². The fourth-order valence-corrected chi connectivity index (χ4v) is 1.81. The number of aromatic nitrogens is 1. The standard InChI is InChI=1S/C13H12ClFN2/c1-9(13-4-2-3-5-16-13)17-12-7-10(14)6-11(15)8-12/h2-9,17H,1H3. The molecule has 1 atom stereocenters. The summed E-state index contributed by atoms with van der Waals surface area (Å²) < 4.78 is 13.1. The molecule has 17 heavy (non-hydrogen) atoms. The van der Waals surface area contributed by atoms with E-state index in [2.05, 4.69) is 10.3 Å². The summed E-state index contributed by atoms with van der Waals surface area (Å²) in [6, 6.07) is 10.1. The highest BCUT2D eigenvalue weighted by molar-refractivity contribution is 6.30. The van der Waals surface area contributed by atoms with Gasteiger partial charge in [-0.05, 0) is 37.3 Å². The molecule has 0 aliphatic rings. The molecule has 2 rings (SSSR count). The van der Waals surface area contributed by atoms with Crippen molar-refractivity contribution in [3.63, 3.8) is 0 Å². The molecular weight excluding hydrogens is 239 g/mol. The summed E-state index contributed by atoms with van der Waals surface area (Å²) in [5, 5.41) is 3.53. The van der Waals surface area contributed by atoms with Gasteiger partial charge in [-0.25, -0.2) is 4.39 Å². The van der Waals surface area contributed by atoms with Gasteiger partial charge in [0, 0.05) is 16.9 Å². The van der Waals surface area contributed by atoms with Crippen molar-refractivity contribution in [3.05, 3.63) is 59.1 Å². The second-order valence-corrected chi connectivity index (χ2v) is 4.22. The summed E-state index contributed by atoms with van der Waals surface area (Å²) in [4.78, 5) is 4.23. The quantitative estimate of drug-likeness (QED) is 0.889. The fourth-order valence-electron chi connectivity index (χ4n) is 1.59. The lowest BCUT2D eigenvalue weighted by Crippen LogP contribution is -2.08. The van der Waals surface area contributed by atoms with E-state index in [0.717, 1.165) is 5.69 Å². The zero-order valence-electron chi connectivity index (χ0n) is 9.32. The first kappa shape index (κ1) is 11.9. The van der Waals surface area contributed by atoms with Crippen molar-refractivity contribution in [2.75, 3.05) is 5.32 Å². The molecule has 0 saturated carbocycles. The number of hydrogen-bond acceptors (Lipinski definition) is 2. The minimum atomic E-state index is -0.353. The normalized spacial score (nSPS) is 12.2. The SMILES string of the molecule is CC(Nc1cc(F)cc(Cl)c1)c1ccccn1. The number of pyridine rings is 1. The largest absolute Gasteiger partial charge is 0.377 e. The van der Waals surface area contributed by atoms with E-state index < -0.39 is 0 Å². The van der Waals surface area contributed by atoms with Crippen molar-refractivity contribution in [3.8, 4) is 0 Å². The van der Waals surface area contributed by atoms with Crippen LogP contribution in [-0.4, -0.2) is 4.98 Å². The van der Waals surface area contributed by atoms with Crippen molar-refractivity contribution in [1.82, 2.24) is 4.98 Å². The van der Waals surface area contributed by atoms with Crippen LogP contribution >= 0.6 is 11.6 Å². The first-order valence-electron chi connectivity index (χ1n) is 5.29. The molecule has 88 valence electrons. The van der Waals surface area contributed by atoms with Crippen molar-refractivity contribution < 1.29 is 4.39 Å². The molecule has 2 aromatic rings. The molecule has 0 aliphatic carbocycles. The maximum absolute atomic E-state index is 13.1. The Labute approximate surface area is 104 Å². The van der Waals surface area contributed by atoms with Crippen LogP contribution in [0.15, 0.2) is 42.6 Å². The maximum atomic E-state index is 13.1. The van der Waals surface area contributed by atoms with E-state index >= 15 is 0 Å². The van der Waals surface area contributed by atoms with Crippen LogP contribution in [0.4, 0.5) is 10.1 Å². The molecule has 1 unspecified atom stereocenters. The van der Waals surface area contributed by atoms with E-state index in [1.54, 1.807) is 12.3 Å². The molecule has 0 aliphatic heterocycles. The van der Waals surface area contributed by atoms with E-state index in [0.29, 0.717) is 10.7 Å². The van der Waals surface area contributed by atoms with Crippen LogP contribution in [0.3, 0.4) is 0 Å². The van der Waals surface area contributed by atoms with Crippen LogP contribution in [0, 0.1) is 5.82 Å². The van der Waals surface area contributed by atoms with Gasteiger partial charge in [-0.15, -0.1) is 0 Å². The number of benzene rings is 1. The number of hydrogen-bond donors (Lipinski definition) is 1. The summed E-state index contributed by atoms with van der Waals surface area (Å²) in [6.07, 6.45) is 1.73. The molecule has 1 N–H and O–H groups in total. The second-order valence-electron chi connectivity index (χ2n) is 3.78. The summed E-state index contributed by atoms with van der Waals surface area (Å²) >= 11 is 5.78. The smallest absolute Gasteiger partial charge is 0.126 e. The molecular formula is C13H12ClFN2. The number of halogens is 2. The van der Waals surface area contributed by atoms with Crippen LogP contribution in [0.5, 0.6) is 0 Å². The Hall–Kier alpha value is -1.61. The molecule has 1 aromatic carbocycles. The predicted octanol–water partition coefficient (Wildman–Crippen LogP) is 4.05. The predicted molar refractivity (Wildman–Crippen MR) is 67.7 cm³/mol. The number of rotatable bonds is 3. The average molecular weight is 251 g/mol. The first-order chi connectivity index (χ1) is 8.15.